The van der Waals surface area contributed by atoms with E-state index in [2.05, 4.69) is 31.9 Å². The molecule has 0 fully saturated rings. The zero-order valence-corrected chi connectivity index (χ0v) is 23.2. The van der Waals surface area contributed by atoms with Crippen molar-refractivity contribution in [1.29, 1.82) is 0 Å². The number of hydrogen-bond acceptors (Lipinski definition) is 8. The molecule has 0 bridgehead atoms. The highest BCUT2D eigenvalue weighted by Crippen LogP contribution is 2.48. The topological polar surface area (TPSA) is 81.7 Å². The number of halogens is 4. The molecule has 2 rings (SSSR count). The molecule has 0 atom stereocenters. The average Bonchev–Trinajstić information content (AvgIpc) is 2.80. The van der Waals surface area contributed by atoms with Crippen molar-refractivity contribution in [1.82, 2.24) is 0 Å². The maximum absolute atomic E-state index is 14.0. The van der Waals surface area contributed by atoms with Crippen molar-refractivity contribution in [2.75, 3.05) is 48.8 Å². The summed E-state index contributed by atoms with van der Waals surface area (Å²) in [4.78, 5) is 14.0. The van der Waals surface area contributed by atoms with Crippen molar-refractivity contribution >= 4 is 60.8 Å². The first-order valence-electron chi connectivity index (χ1n) is 9.22. The molecule has 182 valence electrons. The normalized spacial score (nSPS) is 10.8. The van der Waals surface area contributed by atoms with Gasteiger partial charge in [0.25, 0.3) is 0 Å². The number of benzene rings is 2. The first kappa shape index (κ1) is 28.0. The molecule has 8 nitrogen and oxygen atoms in total. The fourth-order valence-corrected chi connectivity index (χ4v) is 4.82. The fraction of sp³-hybridized carbons (Fsp3) is 0.381. The molecule has 2 aromatic carbocycles. The van der Waals surface area contributed by atoms with Gasteiger partial charge in [-0.1, -0.05) is 23.2 Å². The quantitative estimate of drug-likeness (QED) is 0.208. The Morgan fingerprint density at radius 1 is 0.788 bits per heavy atom. The Balaban J connectivity index is 2.83. The second kappa shape index (κ2) is 13.0. The highest BCUT2D eigenvalue weighted by atomic mass is 79.9. The largest absolute Gasteiger partial charge is 0.494 e. The second-order valence-corrected chi connectivity index (χ2v) is 8.69. The lowest BCUT2D eigenvalue weighted by Gasteiger charge is -2.21. The van der Waals surface area contributed by atoms with E-state index in [4.69, 9.17) is 56.4 Å². The molecule has 0 amide bonds. The van der Waals surface area contributed by atoms with Gasteiger partial charge >= 0.3 is 0 Å². The van der Waals surface area contributed by atoms with Crippen LogP contribution in [-0.2, 0) is 14.2 Å². The summed E-state index contributed by atoms with van der Waals surface area (Å²) in [7, 11) is 5.78. The van der Waals surface area contributed by atoms with Gasteiger partial charge in [-0.25, -0.2) is 0 Å². The van der Waals surface area contributed by atoms with E-state index in [1.165, 1.54) is 28.4 Å². The maximum Gasteiger partial charge on any atom is 0.203 e. The number of ether oxygens (including phenoxy) is 7. The van der Waals surface area contributed by atoms with E-state index in [0.29, 0.717) is 14.5 Å². The molecule has 0 unspecified atom stereocenters. The molecule has 0 heterocycles. The van der Waals surface area contributed by atoms with Crippen LogP contribution in [0, 0.1) is 6.92 Å². The maximum atomic E-state index is 14.0. The third-order valence-corrected chi connectivity index (χ3v) is 6.77. The average molecular weight is 633 g/mol. The summed E-state index contributed by atoms with van der Waals surface area (Å²) in [5.41, 5.74) is 0.627. The van der Waals surface area contributed by atoms with E-state index in [-0.39, 0.29) is 64.5 Å². The van der Waals surface area contributed by atoms with Crippen LogP contribution in [0.15, 0.2) is 15.0 Å². The molecule has 0 saturated heterocycles. The van der Waals surface area contributed by atoms with Gasteiger partial charge < -0.3 is 33.2 Å². The first-order chi connectivity index (χ1) is 15.7. The minimum atomic E-state index is -0.536. The van der Waals surface area contributed by atoms with Crippen molar-refractivity contribution in [3.8, 4) is 23.0 Å². The van der Waals surface area contributed by atoms with Crippen molar-refractivity contribution < 1.29 is 38.0 Å². The zero-order chi connectivity index (χ0) is 24.7. The van der Waals surface area contributed by atoms with Gasteiger partial charge in [0, 0.05) is 27.4 Å². The molecular formula is C21H22Br2Cl2O8. The van der Waals surface area contributed by atoms with Gasteiger partial charge in [-0.3, -0.25) is 4.79 Å². The summed E-state index contributed by atoms with van der Waals surface area (Å²) in [6.45, 7) is 1.39. The molecule has 12 heteroatoms. The van der Waals surface area contributed by atoms with Gasteiger partial charge in [-0.15, -0.1) is 0 Å². The molecule has 0 saturated carbocycles. The molecule has 33 heavy (non-hydrogen) atoms. The Labute approximate surface area is 218 Å². The van der Waals surface area contributed by atoms with E-state index in [0.717, 1.165) is 0 Å². The summed E-state index contributed by atoms with van der Waals surface area (Å²) < 4.78 is 38.0. The van der Waals surface area contributed by atoms with Crippen LogP contribution in [0.4, 0.5) is 0 Å². The number of rotatable bonds is 12. The lowest BCUT2D eigenvalue weighted by Crippen LogP contribution is -2.13. The summed E-state index contributed by atoms with van der Waals surface area (Å²) >= 11 is 19.9. The molecule has 2 aromatic rings. The monoisotopic (exact) mass is 630 g/mol. The van der Waals surface area contributed by atoms with Crippen molar-refractivity contribution in [3.63, 3.8) is 0 Å². The van der Waals surface area contributed by atoms with Crippen molar-refractivity contribution in [3.05, 3.63) is 41.7 Å². The van der Waals surface area contributed by atoms with Crippen LogP contribution < -0.4 is 18.9 Å². The van der Waals surface area contributed by atoms with E-state index in [9.17, 15) is 4.79 Å². The Hall–Kier alpha value is -1.27. The van der Waals surface area contributed by atoms with E-state index in [1.54, 1.807) is 13.0 Å². The Morgan fingerprint density at radius 2 is 1.24 bits per heavy atom. The van der Waals surface area contributed by atoms with Gasteiger partial charge in [0.2, 0.25) is 5.78 Å². The number of carbonyl (C=O) groups excluding carboxylic acids is 1. The molecule has 0 aliphatic carbocycles. The minimum absolute atomic E-state index is 0.00173. The SMILES string of the molecule is COCOc1cc(OCOC)c(Br)c(C(=O)c2c(OC)c(Cl)c(C)c(Cl)c2OCOC)c1Br. The predicted molar refractivity (Wildman–Crippen MR) is 131 cm³/mol. The Morgan fingerprint density at radius 3 is 1.70 bits per heavy atom. The minimum Gasteiger partial charge on any atom is -0.494 e. The van der Waals surface area contributed by atoms with Crippen LogP contribution in [0.2, 0.25) is 10.0 Å². The zero-order valence-electron chi connectivity index (χ0n) is 18.5. The van der Waals surface area contributed by atoms with Crippen LogP contribution in [0.5, 0.6) is 23.0 Å². The summed E-state index contributed by atoms with van der Waals surface area (Å²) in [5.74, 6) is 0.194. The van der Waals surface area contributed by atoms with E-state index in [1.807, 2.05) is 0 Å². The van der Waals surface area contributed by atoms with E-state index < -0.39 is 5.78 Å². The summed E-state index contributed by atoms with van der Waals surface area (Å²) in [6.07, 6.45) is 0. The van der Waals surface area contributed by atoms with Crippen molar-refractivity contribution in [2.45, 2.75) is 6.92 Å². The Kier molecular flexibility index (Phi) is 11.0. The lowest BCUT2D eigenvalue weighted by molar-refractivity contribution is 0.0450. The van der Waals surface area contributed by atoms with Crippen LogP contribution in [0.25, 0.3) is 0 Å². The van der Waals surface area contributed by atoms with Crippen molar-refractivity contribution in [2.24, 2.45) is 0 Å². The third-order valence-electron chi connectivity index (χ3n) is 4.29. The standard InChI is InChI=1S/C21H22Br2Cl2O8/c1-10-17(24)20(30-5)14(21(18(10)25)33-9-29-4)19(26)13-15(22)11(31-7-27-2)6-12(16(13)23)32-8-28-3/h6H,7-9H2,1-5H3. The predicted octanol–water partition coefficient (Wildman–Crippen LogP) is 6.01. The number of ketones is 1. The number of carbonyl (C=O) groups is 1. The number of hydrogen-bond donors (Lipinski definition) is 0. The van der Waals surface area contributed by atoms with Gasteiger partial charge in [0.1, 0.15) is 17.1 Å². The number of methoxy groups -OCH3 is 4. The van der Waals surface area contributed by atoms with Gasteiger partial charge in [-0.2, -0.15) is 0 Å². The highest BCUT2D eigenvalue weighted by molar-refractivity contribution is 9.11. The molecule has 0 radical (unpaired) electrons. The molecule has 0 N–H and O–H groups in total. The Bertz CT molecular complexity index is 985. The fourth-order valence-electron chi connectivity index (χ4n) is 2.78. The highest BCUT2D eigenvalue weighted by Gasteiger charge is 2.32. The lowest BCUT2D eigenvalue weighted by atomic mass is 9.99. The van der Waals surface area contributed by atoms with Gasteiger partial charge in [0.15, 0.2) is 31.9 Å². The first-order valence-corrected chi connectivity index (χ1v) is 11.6. The van der Waals surface area contributed by atoms with Gasteiger partial charge in [-0.05, 0) is 44.3 Å². The van der Waals surface area contributed by atoms with E-state index >= 15 is 0 Å². The van der Waals surface area contributed by atoms with Crippen LogP contribution >= 0.6 is 55.1 Å². The molecule has 0 aliphatic heterocycles. The van der Waals surface area contributed by atoms with Gasteiger partial charge in [0.05, 0.1) is 31.7 Å². The molecule has 0 aliphatic rings. The molecular weight excluding hydrogens is 611 g/mol. The van der Waals surface area contributed by atoms with Crippen LogP contribution in [0.3, 0.4) is 0 Å². The second-order valence-electron chi connectivity index (χ2n) is 6.35. The van der Waals surface area contributed by atoms with Crippen LogP contribution in [0.1, 0.15) is 21.5 Å². The molecule has 0 aromatic heterocycles. The smallest absolute Gasteiger partial charge is 0.203 e. The summed E-state index contributed by atoms with van der Waals surface area (Å²) in [5, 5.41) is 0.321. The van der Waals surface area contributed by atoms with Crippen LogP contribution in [-0.4, -0.2) is 54.6 Å². The summed E-state index contributed by atoms with van der Waals surface area (Å²) in [6, 6.07) is 1.58. The third kappa shape index (κ3) is 6.05. The molecule has 0 spiro atoms.